The predicted octanol–water partition coefficient (Wildman–Crippen LogP) is 4.23. The van der Waals surface area contributed by atoms with Gasteiger partial charge in [0.2, 0.25) is 0 Å². The van der Waals surface area contributed by atoms with Gasteiger partial charge >= 0.3 is 0 Å². The maximum atomic E-state index is 12.8. The fourth-order valence-corrected chi connectivity index (χ4v) is 4.23. The summed E-state index contributed by atoms with van der Waals surface area (Å²) in [7, 11) is 0. The lowest BCUT2D eigenvalue weighted by molar-refractivity contribution is 0.174. The Bertz CT molecular complexity index is 942. The molecule has 1 aromatic heterocycles. The zero-order chi connectivity index (χ0) is 18.6. The summed E-state index contributed by atoms with van der Waals surface area (Å²) in [6.45, 7) is 5.43. The predicted molar refractivity (Wildman–Crippen MR) is 110 cm³/mol. The van der Waals surface area contributed by atoms with E-state index in [-0.39, 0.29) is 11.6 Å². The molecule has 0 amide bonds. The topological polar surface area (TPSA) is 38.1 Å². The highest BCUT2D eigenvalue weighted by Gasteiger charge is 2.24. The third-order valence-electron chi connectivity index (χ3n) is 5.88. The van der Waals surface area contributed by atoms with E-state index in [2.05, 4.69) is 47.1 Å². The molecule has 0 bridgehead atoms. The Morgan fingerprint density at radius 1 is 1.04 bits per heavy atom. The number of hydrogen-bond donors (Lipinski definition) is 0. The molecule has 4 nitrogen and oxygen atoms in total. The average molecular weight is 361 g/mol. The van der Waals surface area contributed by atoms with Crippen molar-refractivity contribution in [2.24, 2.45) is 0 Å². The van der Waals surface area contributed by atoms with Gasteiger partial charge in [0.1, 0.15) is 0 Å². The molecule has 3 aromatic rings. The third kappa shape index (κ3) is 3.81. The van der Waals surface area contributed by atoms with Crippen LogP contribution in [0.25, 0.3) is 10.9 Å². The van der Waals surface area contributed by atoms with Crippen LogP contribution in [0.3, 0.4) is 0 Å². The van der Waals surface area contributed by atoms with Crippen molar-refractivity contribution in [3.63, 3.8) is 0 Å². The Balaban J connectivity index is 1.43. The number of rotatable bonds is 5. The molecule has 4 heteroatoms. The zero-order valence-electron chi connectivity index (χ0n) is 15.9. The van der Waals surface area contributed by atoms with E-state index >= 15 is 0 Å². The van der Waals surface area contributed by atoms with Crippen molar-refractivity contribution in [2.75, 3.05) is 19.6 Å². The number of nitrogens with zero attached hydrogens (tertiary/aromatic N) is 3. The summed E-state index contributed by atoms with van der Waals surface area (Å²) < 4.78 is 1.86. The second-order valence-electron chi connectivity index (χ2n) is 7.52. The van der Waals surface area contributed by atoms with Gasteiger partial charge in [-0.2, -0.15) is 0 Å². The molecule has 4 rings (SSSR count). The molecule has 1 aliphatic rings. The quantitative estimate of drug-likeness (QED) is 0.683. The van der Waals surface area contributed by atoms with E-state index in [1.54, 1.807) is 6.33 Å². The number of likely N-dealkylation sites (tertiary alicyclic amines) is 1. The molecule has 1 fully saturated rings. The maximum absolute atomic E-state index is 12.8. The van der Waals surface area contributed by atoms with E-state index in [4.69, 9.17) is 0 Å². The smallest absolute Gasteiger partial charge is 0.261 e. The lowest BCUT2D eigenvalue weighted by Crippen LogP contribution is -2.39. The highest BCUT2D eigenvalue weighted by Crippen LogP contribution is 2.26. The molecule has 2 aromatic carbocycles. The van der Waals surface area contributed by atoms with Gasteiger partial charge in [-0.3, -0.25) is 9.36 Å². The first-order chi connectivity index (χ1) is 13.3. The molecule has 0 radical (unpaired) electrons. The molecule has 1 unspecified atom stereocenters. The van der Waals surface area contributed by atoms with Gasteiger partial charge in [-0.25, -0.2) is 4.98 Å². The molecule has 140 valence electrons. The Labute approximate surface area is 160 Å². The molecule has 1 atom stereocenters. The van der Waals surface area contributed by atoms with Crippen LogP contribution in [0.1, 0.15) is 43.7 Å². The van der Waals surface area contributed by atoms with E-state index < -0.39 is 0 Å². The van der Waals surface area contributed by atoms with Crippen molar-refractivity contribution < 1.29 is 0 Å². The Hall–Kier alpha value is -2.46. The Morgan fingerprint density at radius 3 is 2.48 bits per heavy atom. The highest BCUT2D eigenvalue weighted by atomic mass is 16.1. The lowest BCUT2D eigenvalue weighted by Gasteiger charge is -2.34. The molecule has 1 saturated heterocycles. The van der Waals surface area contributed by atoms with Crippen molar-refractivity contribution in [3.05, 3.63) is 76.8 Å². The molecule has 0 N–H and O–H groups in total. The normalized spacial score (nSPS) is 17.2. The maximum Gasteiger partial charge on any atom is 0.261 e. The number of aromatic nitrogens is 2. The van der Waals surface area contributed by atoms with Crippen LogP contribution < -0.4 is 5.56 Å². The van der Waals surface area contributed by atoms with Crippen LogP contribution in [0, 0.1) is 0 Å². The summed E-state index contributed by atoms with van der Waals surface area (Å²) in [6, 6.07) is 18.7. The van der Waals surface area contributed by atoms with Crippen molar-refractivity contribution in [1.82, 2.24) is 14.5 Å². The van der Waals surface area contributed by atoms with Gasteiger partial charge in [-0.05, 0) is 42.9 Å². The number of para-hydroxylation sites is 1. The van der Waals surface area contributed by atoms with E-state index in [1.807, 2.05) is 28.8 Å². The first-order valence-corrected chi connectivity index (χ1v) is 9.99. The second-order valence-corrected chi connectivity index (χ2v) is 7.52. The molecular formula is C23H27N3O. The first kappa shape index (κ1) is 17.9. The van der Waals surface area contributed by atoms with Crippen molar-refractivity contribution in [1.29, 1.82) is 0 Å². The number of piperidine rings is 1. The second kappa shape index (κ2) is 8.05. The minimum atomic E-state index is 0.0924. The molecule has 27 heavy (non-hydrogen) atoms. The largest absolute Gasteiger partial charge is 0.303 e. The minimum absolute atomic E-state index is 0.0924. The summed E-state index contributed by atoms with van der Waals surface area (Å²) in [6.07, 6.45) is 4.90. The van der Waals surface area contributed by atoms with Crippen molar-refractivity contribution in [2.45, 2.75) is 38.1 Å². The first-order valence-electron chi connectivity index (χ1n) is 9.99. The highest BCUT2D eigenvalue weighted by molar-refractivity contribution is 5.76. The van der Waals surface area contributed by atoms with Crippen LogP contribution in [0.2, 0.25) is 0 Å². The fourth-order valence-electron chi connectivity index (χ4n) is 4.23. The number of benzene rings is 2. The third-order valence-corrected chi connectivity index (χ3v) is 5.88. The molecule has 1 aliphatic heterocycles. The molecule has 0 spiro atoms. The van der Waals surface area contributed by atoms with Gasteiger partial charge in [0.25, 0.3) is 5.56 Å². The lowest BCUT2D eigenvalue weighted by atomic mass is 9.94. The molecule has 0 aliphatic carbocycles. The summed E-state index contributed by atoms with van der Waals surface area (Å²) in [5.74, 6) is 0.577. The van der Waals surface area contributed by atoms with Gasteiger partial charge in [0.15, 0.2) is 0 Å². The van der Waals surface area contributed by atoms with Crippen LogP contribution in [-0.4, -0.2) is 34.1 Å². The van der Waals surface area contributed by atoms with Crippen LogP contribution in [0.5, 0.6) is 0 Å². The average Bonchev–Trinajstić information content (AvgIpc) is 2.74. The fraction of sp³-hybridized carbons (Fsp3) is 0.391. The van der Waals surface area contributed by atoms with Crippen LogP contribution in [0.4, 0.5) is 0 Å². The SMILES string of the molecule is CCC(CN1CCC(n2cnc3ccccc3c2=O)CC1)c1ccccc1. The summed E-state index contributed by atoms with van der Waals surface area (Å²) >= 11 is 0. The van der Waals surface area contributed by atoms with Gasteiger partial charge in [-0.15, -0.1) is 0 Å². The van der Waals surface area contributed by atoms with Crippen molar-refractivity contribution >= 4 is 10.9 Å². The van der Waals surface area contributed by atoms with Gasteiger partial charge in [-0.1, -0.05) is 49.4 Å². The molecule has 2 heterocycles. The summed E-state index contributed by atoms with van der Waals surface area (Å²) in [5.41, 5.74) is 2.30. The zero-order valence-corrected chi connectivity index (χ0v) is 15.9. The van der Waals surface area contributed by atoms with Crippen molar-refractivity contribution in [3.8, 4) is 0 Å². The van der Waals surface area contributed by atoms with E-state index in [0.717, 1.165) is 49.8 Å². The van der Waals surface area contributed by atoms with Crippen LogP contribution in [0.15, 0.2) is 65.7 Å². The number of hydrogen-bond acceptors (Lipinski definition) is 3. The van der Waals surface area contributed by atoms with E-state index in [0.29, 0.717) is 5.92 Å². The summed E-state index contributed by atoms with van der Waals surface area (Å²) in [5, 5.41) is 0.720. The van der Waals surface area contributed by atoms with Gasteiger partial charge in [0.05, 0.1) is 17.2 Å². The van der Waals surface area contributed by atoms with Crippen LogP contribution >= 0.6 is 0 Å². The molecule has 0 saturated carbocycles. The Morgan fingerprint density at radius 2 is 1.74 bits per heavy atom. The monoisotopic (exact) mass is 361 g/mol. The number of fused-ring (bicyclic) bond motifs is 1. The molecular weight excluding hydrogens is 334 g/mol. The Kier molecular flexibility index (Phi) is 5.35. The van der Waals surface area contributed by atoms with Gasteiger partial charge in [0, 0.05) is 25.7 Å². The van der Waals surface area contributed by atoms with E-state index in [1.165, 1.54) is 5.56 Å². The standard InChI is InChI=1S/C23H27N3O/c1-2-18(19-8-4-3-5-9-19)16-25-14-12-20(13-15-25)26-17-24-22-11-7-6-10-21(22)23(26)27/h3-11,17-18,20H,2,12-16H2,1H3. The van der Waals surface area contributed by atoms with Crippen LogP contribution in [-0.2, 0) is 0 Å². The summed E-state index contributed by atoms with van der Waals surface area (Å²) in [4.78, 5) is 19.9. The minimum Gasteiger partial charge on any atom is -0.303 e. The van der Waals surface area contributed by atoms with E-state index in [9.17, 15) is 4.79 Å². The van der Waals surface area contributed by atoms with Gasteiger partial charge < -0.3 is 4.90 Å².